The highest BCUT2D eigenvalue weighted by atomic mass is 16.7. The molecule has 11 heteroatoms. The largest absolute Gasteiger partial charge is 0.457 e. The summed E-state index contributed by atoms with van der Waals surface area (Å²) in [5, 5.41) is 2.96. The molecule has 11 nitrogen and oxygen atoms in total. The molecule has 0 radical (unpaired) electrons. The number of carbonyl (C=O) groups excluding carboxylic acids is 5. The highest BCUT2D eigenvalue weighted by Gasteiger charge is 2.16. The molecule has 0 amide bonds. The van der Waals surface area contributed by atoms with E-state index in [1.54, 1.807) is 72.8 Å². The first-order valence-electron chi connectivity index (χ1n) is 14.2. The van der Waals surface area contributed by atoms with E-state index in [-0.39, 0.29) is 41.8 Å². The van der Waals surface area contributed by atoms with Gasteiger partial charge in [0.05, 0.1) is 16.7 Å². The van der Waals surface area contributed by atoms with Crippen LogP contribution >= 0.6 is 0 Å². The summed E-state index contributed by atoms with van der Waals surface area (Å²) < 4.78 is 31.4. The van der Waals surface area contributed by atoms with Gasteiger partial charge in [0.1, 0.15) is 23.0 Å². The molecule has 5 aromatic carbocycles. The number of esters is 4. The van der Waals surface area contributed by atoms with Crippen molar-refractivity contribution in [2.45, 2.75) is 0 Å². The van der Waals surface area contributed by atoms with E-state index < -0.39 is 23.9 Å². The first kappa shape index (κ1) is 32.6. The Morgan fingerprint density at radius 2 is 1.00 bits per heavy atom. The average molecular weight is 647 g/mol. The molecule has 0 aromatic heterocycles. The molecule has 0 aliphatic heterocycles. The Balaban J connectivity index is 1.22. The lowest BCUT2D eigenvalue weighted by molar-refractivity contribution is -0.145. The van der Waals surface area contributed by atoms with E-state index in [1.165, 1.54) is 18.2 Å². The summed E-state index contributed by atoms with van der Waals surface area (Å²) in [5.74, 6) is -1.61. The molecule has 0 fully saturated rings. The standard InChI is InChI=1S/C37H26O11/c1-3-34(39)45-21-43-30-11-9-23-15-27(7-5-25(23)17-30)36(41)47-32-13-14-33(29(19-32)20-38)48-37(42)28-8-6-26-18-31(12-10-24(26)16-28)44-22-46-35(40)4-2/h3-20H,1-2,21-22H2. The van der Waals surface area contributed by atoms with Gasteiger partial charge in [0, 0.05) is 12.2 Å². The number of fused-ring (bicyclic) bond motifs is 2. The summed E-state index contributed by atoms with van der Waals surface area (Å²) in [6, 6.07) is 24.1. The van der Waals surface area contributed by atoms with Gasteiger partial charge in [-0.1, -0.05) is 37.4 Å². The van der Waals surface area contributed by atoms with Crippen LogP contribution in [0.4, 0.5) is 0 Å². The van der Waals surface area contributed by atoms with Gasteiger partial charge in [-0.3, -0.25) is 4.79 Å². The van der Waals surface area contributed by atoms with Crippen LogP contribution in [0.15, 0.2) is 116 Å². The van der Waals surface area contributed by atoms with E-state index in [0.717, 1.165) is 28.3 Å². The number of hydrogen-bond acceptors (Lipinski definition) is 11. The molecule has 0 heterocycles. The minimum Gasteiger partial charge on any atom is -0.457 e. The first-order chi connectivity index (χ1) is 23.3. The van der Waals surface area contributed by atoms with E-state index in [4.69, 9.17) is 28.4 Å². The smallest absolute Gasteiger partial charge is 0.343 e. The Morgan fingerprint density at radius 3 is 1.50 bits per heavy atom. The van der Waals surface area contributed by atoms with E-state index in [0.29, 0.717) is 23.2 Å². The zero-order chi connectivity index (χ0) is 34.0. The highest BCUT2D eigenvalue weighted by Crippen LogP contribution is 2.28. The maximum absolute atomic E-state index is 13.0. The molecule has 0 spiro atoms. The molecule has 5 aromatic rings. The van der Waals surface area contributed by atoms with Crippen LogP contribution in [0.2, 0.25) is 0 Å². The number of rotatable bonds is 13. The lowest BCUT2D eigenvalue weighted by Crippen LogP contribution is -2.11. The van der Waals surface area contributed by atoms with Gasteiger partial charge in [-0.25, -0.2) is 19.2 Å². The molecular formula is C37H26O11. The van der Waals surface area contributed by atoms with Crippen molar-refractivity contribution in [2.24, 2.45) is 0 Å². The van der Waals surface area contributed by atoms with Gasteiger partial charge in [0.25, 0.3) is 0 Å². The molecule has 0 unspecified atom stereocenters. The number of ether oxygens (including phenoxy) is 6. The maximum Gasteiger partial charge on any atom is 0.343 e. The minimum absolute atomic E-state index is 0.00167. The molecule has 0 saturated heterocycles. The van der Waals surface area contributed by atoms with Crippen LogP contribution in [0.5, 0.6) is 23.0 Å². The van der Waals surface area contributed by atoms with Crippen LogP contribution in [-0.2, 0) is 19.1 Å². The van der Waals surface area contributed by atoms with Gasteiger partial charge in [-0.2, -0.15) is 0 Å². The van der Waals surface area contributed by atoms with Crippen molar-refractivity contribution in [2.75, 3.05) is 13.6 Å². The number of benzene rings is 5. The average Bonchev–Trinajstić information content (AvgIpc) is 3.11. The summed E-state index contributed by atoms with van der Waals surface area (Å²) in [6.07, 6.45) is 2.55. The van der Waals surface area contributed by atoms with E-state index in [9.17, 15) is 24.0 Å². The SMILES string of the molecule is C=CC(=O)OCOc1ccc2cc(C(=O)Oc3ccc(OC(=O)c4ccc5cc(OCOC(=O)C=C)ccc5c4)c(C=O)c3)ccc2c1. The van der Waals surface area contributed by atoms with Gasteiger partial charge in [0.2, 0.25) is 13.6 Å². The molecule has 0 bridgehead atoms. The fraction of sp³-hybridized carbons (Fsp3) is 0.0541. The Morgan fingerprint density at radius 1 is 0.542 bits per heavy atom. The van der Waals surface area contributed by atoms with Crippen molar-refractivity contribution in [3.63, 3.8) is 0 Å². The number of carbonyl (C=O) groups is 5. The number of hydrogen-bond donors (Lipinski definition) is 0. The molecule has 240 valence electrons. The summed E-state index contributed by atoms with van der Waals surface area (Å²) >= 11 is 0. The molecule has 48 heavy (non-hydrogen) atoms. The zero-order valence-corrected chi connectivity index (χ0v) is 25.2. The Bertz CT molecular complexity index is 2080. The highest BCUT2D eigenvalue weighted by molar-refractivity contribution is 5.98. The summed E-state index contributed by atoms with van der Waals surface area (Å²) in [6.45, 7) is 6.07. The van der Waals surface area contributed by atoms with Gasteiger partial charge in [-0.15, -0.1) is 0 Å². The van der Waals surface area contributed by atoms with Gasteiger partial charge in [0.15, 0.2) is 6.29 Å². The maximum atomic E-state index is 13.0. The Kier molecular flexibility index (Phi) is 10.2. The van der Waals surface area contributed by atoms with Crippen LogP contribution in [-0.4, -0.2) is 43.7 Å². The molecule has 0 aliphatic rings. The second-order valence-corrected chi connectivity index (χ2v) is 9.90. The second-order valence-electron chi connectivity index (χ2n) is 9.90. The zero-order valence-electron chi connectivity index (χ0n) is 25.2. The van der Waals surface area contributed by atoms with E-state index in [1.807, 2.05) is 0 Å². The predicted octanol–water partition coefficient (Wildman–Crippen LogP) is 6.37. The van der Waals surface area contributed by atoms with Crippen molar-refractivity contribution in [3.05, 3.63) is 133 Å². The summed E-state index contributed by atoms with van der Waals surface area (Å²) in [5.41, 5.74) is 0.484. The third kappa shape index (κ3) is 8.09. The minimum atomic E-state index is -0.705. The number of aldehydes is 1. The van der Waals surface area contributed by atoms with Gasteiger partial charge >= 0.3 is 23.9 Å². The molecule has 0 saturated carbocycles. The Labute approximate surface area is 273 Å². The summed E-state index contributed by atoms with van der Waals surface area (Å²) in [4.78, 5) is 60.1. The van der Waals surface area contributed by atoms with Crippen LogP contribution in [0.25, 0.3) is 21.5 Å². The molecule has 0 aliphatic carbocycles. The normalized spacial score (nSPS) is 10.4. The molecular weight excluding hydrogens is 620 g/mol. The van der Waals surface area contributed by atoms with Crippen LogP contribution < -0.4 is 18.9 Å². The second kappa shape index (κ2) is 15.0. The van der Waals surface area contributed by atoms with E-state index in [2.05, 4.69) is 13.2 Å². The summed E-state index contributed by atoms with van der Waals surface area (Å²) in [7, 11) is 0. The molecule has 0 N–H and O–H groups in total. The third-order valence-corrected chi connectivity index (χ3v) is 6.80. The van der Waals surface area contributed by atoms with Crippen molar-refractivity contribution in [3.8, 4) is 23.0 Å². The topological polar surface area (TPSA) is 141 Å². The van der Waals surface area contributed by atoms with Crippen molar-refractivity contribution in [1.82, 2.24) is 0 Å². The quantitative estimate of drug-likeness (QED) is 0.0463. The van der Waals surface area contributed by atoms with Crippen molar-refractivity contribution >= 4 is 51.7 Å². The Hall–Kier alpha value is -6.75. The van der Waals surface area contributed by atoms with Crippen molar-refractivity contribution in [1.29, 1.82) is 0 Å². The van der Waals surface area contributed by atoms with Crippen LogP contribution in [0.3, 0.4) is 0 Å². The monoisotopic (exact) mass is 646 g/mol. The van der Waals surface area contributed by atoms with E-state index >= 15 is 0 Å². The fourth-order valence-corrected chi connectivity index (χ4v) is 4.41. The van der Waals surface area contributed by atoms with Crippen molar-refractivity contribution < 1.29 is 52.4 Å². The lowest BCUT2D eigenvalue weighted by Gasteiger charge is -2.11. The van der Waals surface area contributed by atoms with Gasteiger partial charge < -0.3 is 28.4 Å². The lowest BCUT2D eigenvalue weighted by atomic mass is 10.1. The predicted molar refractivity (Wildman–Crippen MR) is 173 cm³/mol. The molecule has 0 atom stereocenters. The fourth-order valence-electron chi connectivity index (χ4n) is 4.41. The van der Waals surface area contributed by atoms with Crippen LogP contribution in [0.1, 0.15) is 31.1 Å². The van der Waals surface area contributed by atoms with Crippen LogP contribution in [0, 0.1) is 0 Å². The molecule has 5 rings (SSSR count). The van der Waals surface area contributed by atoms with Gasteiger partial charge in [-0.05, 0) is 88.3 Å². The first-order valence-corrected chi connectivity index (χ1v) is 14.2. The third-order valence-electron chi connectivity index (χ3n) is 6.80.